The van der Waals surface area contributed by atoms with Gasteiger partial charge in [0.25, 0.3) is 0 Å². The van der Waals surface area contributed by atoms with E-state index in [4.69, 9.17) is 15.2 Å². The second-order valence-corrected chi connectivity index (χ2v) is 10.8. The van der Waals surface area contributed by atoms with Gasteiger partial charge in [-0.3, -0.25) is 14.4 Å². The van der Waals surface area contributed by atoms with Crippen LogP contribution in [0.2, 0.25) is 0 Å². The summed E-state index contributed by atoms with van der Waals surface area (Å²) in [6.45, 7) is -0.193. The number of hydrogen-bond donors (Lipinski definition) is 3. The van der Waals surface area contributed by atoms with E-state index in [1.54, 1.807) is 0 Å². The maximum atomic E-state index is 14.5. The van der Waals surface area contributed by atoms with Crippen molar-refractivity contribution in [3.8, 4) is 17.0 Å². The molecular weight excluding hydrogens is 526 g/mol. The van der Waals surface area contributed by atoms with Crippen molar-refractivity contribution < 1.29 is 46.5 Å². The van der Waals surface area contributed by atoms with Crippen molar-refractivity contribution in [1.29, 1.82) is 0 Å². The van der Waals surface area contributed by atoms with Gasteiger partial charge < -0.3 is 25.6 Å². The molecule has 2 bridgehead atoms. The zero-order valence-electron chi connectivity index (χ0n) is 20.9. The Morgan fingerprint density at radius 3 is 2.31 bits per heavy atom. The summed E-state index contributed by atoms with van der Waals surface area (Å²) in [6, 6.07) is 5.56. The molecule has 2 amide bonds. The number of rotatable bonds is 7. The first-order valence-corrected chi connectivity index (χ1v) is 12.0. The molecule has 3 aliphatic carbocycles. The average molecular weight is 551 g/mol. The molecule has 13 heteroatoms. The Bertz CT molecular complexity index is 1380. The predicted molar refractivity (Wildman–Crippen MR) is 125 cm³/mol. The minimum atomic E-state index is -5.32. The molecule has 1 aromatic heterocycles. The smallest absolute Gasteiger partial charge is 0.424 e. The van der Waals surface area contributed by atoms with Gasteiger partial charge in [-0.25, -0.2) is 9.37 Å². The molecule has 39 heavy (non-hydrogen) atoms. The molecule has 2 aromatic rings. The fourth-order valence-electron chi connectivity index (χ4n) is 5.80. The van der Waals surface area contributed by atoms with E-state index in [2.05, 4.69) is 10.3 Å². The van der Waals surface area contributed by atoms with Crippen LogP contribution in [0.5, 0.6) is 5.75 Å². The molecule has 1 aromatic carbocycles. The topological polar surface area (TPSA) is 141 Å². The Labute approximate surface area is 219 Å². The highest BCUT2D eigenvalue weighted by Crippen LogP contribution is 2.73. The minimum absolute atomic E-state index is 0.0257. The summed E-state index contributed by atoms with van der Waals surface area (Å²) in [5, 5.41) is 13.3. The summed E-state index contributed by atoms with van der Waals surface area (Å²) in [6.07, 6.45) is -4.90. The number of esters is 1. The van der Waals surface area contributed by atoms with Crippen molar-refractivity contribution in [3.05, 3.63) is 47.4 Å². The minimum Gasteiger partial charge on any atom is -0.489 e. The van der Waals surface area contributed by atoms with Crippen molar-refractivity contribution in [2.75, 3.05) is 20.3 Å². The van der Waals surface area contributed by atoms with Gasteiger partial charge in [-0.1, -0.05) is 0 Å². The van der Waals surface area contributed by atoms with E-state index in [-0.39, 0.29) is 48.4 Å². The van der Waals surface area contributed by atoms with Crippen LogP contribution in [0.4, 0.5) is 17.6 Å². The molecule has 1 aliphatic heterocycles. The van der Waals surface area contributed by atoms with Crippen molar-refractivity contribution in [1.82, 2.24) is 10.3 Å². The largest absolute Gasteiger partial charge is 0.489 e. The number of aliphatic hydroxyl groups is 1. The number of halogens is 4. The Morgan fingerprint density at radius 2 is 1.77 bits per heavy atom. The number of nitrogens with two attached hydrogens (primary N) is 1. The fraction of sp³-hybridized carbons (Fsp3) is 0.462. The zero-order valence-corrected chi connectivity index (χ0v) is 20.9. The van der Waals surface area contributed by atoms with Crippen LogP contribution in [0.25, 0.3) is 11.3 Å². The number of alkyl halides is 3. The van der Waals surface area contributed by atoms with E-state index < -0.39 is 63.9 Å². The van der Waals surface area contributed by atoms with Crippen LogP contribution >= 0.6 is 0 Å². The van der Waals surface area contributed by atoms with E-state index in [0.717, 1.165) is 18.2 Å². The van der Waals surface area contributed by atoms with Gasteiger partial charge in [-0.15, -0.1) is 0 Å². The number of nitrogens with zero attached hydrogens (tertiary/aromatic N) is 1. The average Bonchev–Trinajstić information content (AvgIpc) is 3.18. The third-order valence-corrected chi connectivity index (χ3v) is 8.26. The molecule has 2 heterocycles. The standard InChI is InChI=1S/C26H25F4N3O6/c1-22(19(31)34)12-39-18-15(22)7-16(33-17(18)13-3-5-14(27)6-4-13)25(37,26(28,29)30)11-32-20(35)23-8-24(9-23,10-23)21(36)38-2/h3-7,37H,8-12H2,1-2H3,(H2,31,34)(H,32,35)/t22-,23?,24?,25?/m0/s1. The van der Waals surface area contributed by atoms with Crippen molar-refractivity contribution in [2.24, 2.45) is 16.6 Å². The first-order valence-electron chi connectivity index (χ1n) is 12.0. The number of primary amides is 1. The van der Waals surface area contributed by atoms with E-state index in [9.17, 15) is 37.1 Å². The maximum absolute atomic E-state index is 14.5. The number of carbonyl (C=O) groups excluding carboxylic acids is 3. The maximum Gasteiger partial charge on any atom is 0.424 e. The quantitative estimate of drug-likeness (QED) is 0.354. The first kappa shape index (κ1) is 26.9. The van der Waals surface area contributed by atoms with Crippen molar-refractivity contribution in [3.63, 3.8) is 0 Å². The number of fused-ring (bicyclic) bond motifs is 1. The Hall–Kier alpha value is -3.74. The molecule has 208 valence electrons. The molecule has 9 nitrogen and oxygen atoms in total. The zero-order chi connectivity index (χ0) is 28.6. The van der Waals surface area contributed by atoms with Gasteiger partial charge in [-0.05, 0) is 56.5 Å². The highest BCUT2D eigenvalue weighted by molar-refractivity contribution is 5.94. The van der Waals surface area contributed by atoms with Crippen LogP contribution in [0.15, 0.2) is 30.3 Å². The second kappa shape index (κ2) is 8.38. The number of pyridine rings is 1. The fourth-order valence-corrected chi connectivity index (χ4v) is 5.80. The molecule has 2 atom stereocenters. The van der Waals surface area contributed by atoms with Gasteiger partial charge in [0.2, 0.25) is 17.4 Å². The number of nitrogens with one attached hydrogen (secondary N) is 1. The van der Waals surface area contributed by atoms with Gasteiger partial charge in [-0.2, -0.15) is 13.2 Å². The molecule has 3 fully saturated rings. The number of methoxy groups -OCH3 is 1. The van der Waals surface area contributed by atoms with E-state index in [0.29, 0.717) is 0 Å². The van der Waals surface area contributed by atoms with Gasteiger partial charge in [0, 0.05) is 11.1 Å². The van der Waals surface area contributed by atoms with Gasteiger partial charge in [0.1, 0.15) is 29.3 Å². The summed E-state index contributed by atoms with van der Waals surface area (Å²) in [7, 11) is 1.22. The molecule has 0 radical (unpaired) electrons. The SMILES string of the molecule is COC(=O)C12CC(C(=O)NCC(O)(c3cc4c(c(-c5ccc(F)cc5)n3)OC[C@]4(C)C(N)=O)C(F)(F)F)(C1)C2. The molecule has 6 rings (SSSR count). The highest BCUT2D eigenvalue weighted by atomic mass is 19.4. The summed E-state index contributed by atoms with van der Waals surface area (Å²) >= 11 is 0. The summed E-state index contributed by atoms with van der Waals surface area (Å²) < 4.78 is 67.3. The molecule has 0 saturated heterocycles. The number of ether oxygens (including phenoxy) is 2. The van der Waals surface area contributed by atoms with E-state index in [1.807, 2.05) is 0 Å². The van der Waals surface area contributed by atoms with E-state index >= 15 is 0 Å². The van der Waals surface area contributed by atoms with Crippen molar-refractivity contribution >= 4 is 17.8 Å². The van der Waals surface area contributed by atoms with Gasteiger partial charge in [0.15, 0.2) is 0 Å². The van der Waals surface area contributed by atoms with Gasteiger partial charge >= 0.3 is 12.1 Å². The van der Waals surface area contributed by atoms with Crippen LogP contribution in [0.1, 0.15) is 37.4 Å². The number of aromatic nitrogens is 1. The lowest BCUT2D eigenvalue weighted by molar-refractivity contribution is -0.266. The van der Waals surface area contributed by atoms with Crippen LogP contribution in [0.3, 0.4) is 0 Å². The number of benzene rings is 1. The molecule has 3 saturated carbocycles. The van der Waals surface area contributed by atoms with Crippen LogP contribution in [-0.2, 0) is 30.1 Å². The van der Waals surface area contributed by atoms with Gasteiger partial charge in [0.05, 0.1) is 30.2 Å². The number of hydrogen-bond acceptors (Lipinski definition) is 7. The third kappa shape index (κ3) is 3.77. The molecular formula is C26H25F4N3O6. The Balaban J connectivity index is 1.52. The van der Waals surface area contributed by atoms with Crippen LogP contribution < -0.4 is 15.8 Å². The normalized spacial score (nSPS) is 28.2. The first-order chi connectivity index (χ1) is 18.1. The molecule has 4 aliphatic rings. The number of amides is 2. The third-order valence-electron chi connectivity index (χ3n) is 8.26. The number of carbonyl (C=O) groups is 3. The van der Waals surface area contributed by atoms with Crippen molar-refractivity contribution in [2.45, 2.75) is 43.4 Å². The van der Waals surface area contributed by atoms with Crippen LogP contribution in [0, 0.1) is 16.6 Å². The Morgan fingerprint density at radius 1 is 1.15 bits per heavy atom. The molecule has 1 unspecified atom stereocenters. The monoisotopic (exact) mass is 551 g/mol. The molecule has 4 N–H and O–H groups in total. The lowest BCUT2D eigenvalue weighted by Gasteiger charge is -2.66. The van der Waals surface area contributed by atoms with E-state index in [1.165, 1.54) is 26.2 Å². The summed E-state index contributed by atoms with van der Waals surface area (Å²) in [5.41, 5.74) is -2.43. The van der Waals surface area contributed by atoms with Crippen LogP contribution in [-0.4, -0.2) is 54.3 Å². The molecule has 0 spiro atoms. The Kier molecular flexibility index (Phi) is 5.77. The highest BCUT2D eigenvalue weighted by Gasteiger charge is 2.75. The lowest BCUT2D eigenvalue weighted by atomic mass is 9.35. The lowest BCUT2D eigenvalue weighted by Crippen LogP contribution is -2.71. The predicted octanol–water partition coefficient (Wildman–Crippen LogP) is 2.23. The summed E-state index contributed by atoms with van der Waals surface area (Å²) in [4.78, 5) is 41.1. The second-order valence-electron chi connectivity index (χ2n) is 10.8. The summed E-state index contributed by atoms with van der Waals surface area (Å²) in [5.74, 6) is -2.72.